The van der Waals surface area contributed by atoms with Gasteiger partial charge in [0, 0.05) is 25.4 Å². The van der Waals surface area contributed by atoms with Crippen LogP contribution in [-0.4, -0.2) is 26.7 Å². The number of rotatable bonds is 4. The molecule has 4 nitrogen and oxygen atoms in total. The lowest BCUT2D eigenvalue weighted by Gasteiger charge is -2.09. The van der Waals surface area contributed by atoms with Crippen LogP contribution in [0.5, 0.6) is 0 Å². The first-order chi connectivity index (χ1) is 8.60. The fraction of sp³-hybridized carbons (Fsp3) is 0.250. The predicted octanol–water partition coefficient (Wildman–Crippen LogP) is 0.313. The molecule has 0 spiro atoms. The van der Waals surface area contributed by atoms with Crippen molar-refractivity contribution in [2.75, 3.05) is 0 Å². The molecule has 94 valence electrons. The van der Waals surface area contributed by atoms with Crippen LogP contribution in [0.4, 0.5) is 4.39 Å². The fourth-order valence-corrected chi connectivity index (χ4v) is 1.91. The second-order valence-electron chi connectivity index (χ2n) is 4.09. The third-order valence-electron chi connectivity index (χ3n) is 2.75. The van der Waals surface area contributed by atoms with E-state index in [9.17, 15) is 4.39 Å². The van der Waals surface area contributed by atoms with Crippen molar-refractivity contribution in [3.05, 3.63) is 47.8 Å². The summed E-state index contributed by atoms with van der Waals surface area (Å²) < 4.78 is 15.3. The van der Waals surface area contributed by atoms with Gasteiger partial charge >= 0.3 is 7.12 Å². The van der Waals surface area contributed by atoms with Crippen molar-refractivity contribution in [3.63, 3.8) is 0 Å². The van der Waals surface area contributed by atoms with E-state index in [1.54, 1.807) is 12.3 Å². The Labute approximate surface area is 105 Å². The minimum absolute atomic E-state index is 0.156. The van der Waals surface area contributed by atoms with Gasteiger partial charge < -0.3 is 14.6 Å². The van der Waals surface area contributed by atoms with Crippen molar-refractivity contribution in [2.45, 2.75) is 19.9 Å². The van der Waals surface area contributed by atoms with E-state index in [1.165, 1.54) is 6.07 Å². The van der Waals surface area contributed by atoms with Crippen LogP contribution < -0.4 is 5.46 Å². The van der Waals surface area contributed by atoms with E-state index < -0.39 is 12.9 Å². The molecule has 0 radical (unpaired) electrons. The van der Waals surface area contributed by atoms with Crippen molar-refractivity contribution in [1.29, 1.82) is 0 Å². The summed E-state index contributed by atoms with van der Waals surface area (Å²) in [7, 11) is -1.66. The maximum atomic E-state index is 13.4. The lowest BCUT2D eigenvalue weighted by molar-refractivity contribution is 0.425. The van der Waals surface area contributed by atoms with Crippen LogP contribution in [0.25, 0.3) is 0 Å². The molecule has 18 heavy (non-hydrogen) atoms. The molecule has 0 unspecified atom stereocenters. The van der Waals surface area contributed by atoms with Gasteiger partial charge in [-0.2, -0.15) is 0 Å². The Hall–Kier alpha value is -1.66. The molecule has 2 N–H and O–H groups in total. The van der Waals surface area contributed by atoms with E-state index in [0.717, 1.165) is 18.3 Å². The van der Waals surface area contributed by atoms with Crippen LogP contribution in [0.15, 0.2) is 30.6 Å². The van der Waals surface area contributed by atoms with Crippen LogP contribution in [0.3, 0.4) is 0 Å². The molecule has 0 atom stereocenters. The molecule has 2 aromatic rings. The lowest BCUT2D eigenvalue weighted by Crippen LogP contribution is -2.30. The standard InChI is InChI=1S/C12H14BFN2O2/c1-2-12-15-3-4-16(12)8-9-5-10(13(17)18)7-11(14)6-9/h3-7,17-18H,2,8H2,1H3. The van der Waals surface area contributed by atoms with Crippen molar-refractivity contribution in [2.24, 2.45) is 0 Å². The number of aryl methyl sites for hydroxylation is 1. The smallest absolute Gasteiger partial charge is 0.423 e. The molecule has 0 bridgehead atoms. The lowest BCUT2D eigenvalue weighted by atomic mass is 9.79. The SMILES string of the molecule is CCc1nccn1Cc1cc(F)cc(B(O)O)c1. The zero-order valence-electron chi connectivity index (χ0n) is 10.0. The molecule has 0 saturated carbocycles. The molecule has 1 aromatic heterocycles. The van der Waals surface area contributed by atoms with Crippen molar-refractivity contribution < 1.29 is 14.4 Å². The Balaban J connectivity index is 2.29. The maximum absolute atomic E-state index is 13.4. The first-order valence-corrected chi connectivity index (χ1v) is 5.75. The highest BCUT2D eigenvalue weighted by Crippen LogP contribution is 2.07. The quantitative estimate of drug-likeness (QED) is 0.766. The molecule has 0 saturated heterocycles. The average molecular weight is 248 g/mol. The summed E-state index contributed by atoms with van der Waals surface area (Å²) >= 11 is 0. The number of hydrogen-bond donors (Lipinski definition) is 2. The Kier molecular flexibility index (Phi) is 3.79. The highest BCUT2D eigenvalue weighted by molar-refractivity contribution is 6.58. The summed E-state index contributed by atoms with van der Waals surface area (Å²) in [6.45, 7) is 2.45. The Morgan fingerprint density at radius 1 is 1.33 bits per heavy atom. The summed E-state index contributed by atoms with van der Waals surface area (Å²) in [6, 6.07) is 4.07. The van der Waals surface area contributed by atoms with Gasteiger partial charge in [-0.15, -0.1) is 0 Å². The molecule has 1 aromatic carbocycles. The number of hydrogen-bond acceptors (Lipinski definition) is 3. The van der Waals surface area contributed by atoms with Crippen LogP contribution in [0.2, 0.25) is 0 Å². The normalized spacial score (nSPS) is 10.7. The summed E-state index contributed by atoms with van der Waals surface area (Å²) in [5, 5.41) is 18.1. The van der Waals surface area contributed by atoms with Crippen molar-refractivity contribution in [1.82, 2.24) is 9.55 Å². The molecule has 0 amide bonds. The summed E-state index contributed by atoms with van der Waals surface area (Å²) in [5.74, 6) is 0.430. The van der Waals surface area contributed by atoms with E-state index in [2.05, 4.69) is 4.98 Å². The second-order valence-corrected chi connectivity index (χ2v) is 4.09. The molecule has 6 heteroatoms. The molecule has 0 aliphatic rings. The molecule has 1 heterocycles. The van der Waals surface area contributed by atoms with Gasteiger partial charge in [-0.3, -0.25) is 0 Å². The summed E-state index contributed by atoms with van der Waals surface area (Å²) in [6.07, 6.45) is 4.30. The molecule has 0 aliphatic heterocycles. The molecular formula is C12H14BFN2O2. The number of nitrogens with zero attached hydrogens (tertiary/aromatic N) is 2. The van der Waals surface area contributed by atoms with Crippen molar-refractivity contribution in [3.8, 4) is 0 Å². The van der Waals surface area contributed by atoms with Gasteiger partial charge in [0.1, 0.15) is 11.6 Å². The van der Waals surface area contributed by atoms with Gasteiger partial charge in [0.15, 0.2) is 0 Å². The Morgan fingerprint density at radius 3 is 2.78 bits per heavy atom. The third-order valence-corrected chi connectivity index (χ3v) is 2.75. The number of halogens is 1. The van der Waals surface area contributed by atoms with Crippen LogP contribution in [0.1, 0.15) is 18.3 Å². The minimum Gasteiger partial charge on any atom is -0.423 e. The molecule has 0 fully saturated rings. The number of benzene rings is 1. The zero-order chi connectivity index (χ0) is 13.1. The zero-order valence-corrected chi connectivity index (χ0v) is 10.0. The van der Waals surface area contributed by atoms with E-state index >= 15 is 0 Å². The predicted molar refractivity (Wildman–Crippen MR) is 66.9 cm³/mol. The first kappa shape index (κ1) is 12.8. The maximum Gasteiger partial charge on any atom is 0.488 e. The average Bonchev–Trinajstić information content (AvgIpc) is 2.75. The van der Waals surface area contributed by atoms with Gasteiger partial charge in [-0.25, -0.2) is 9.37 Å². The molecule has 2 rings (SSSR count). The highest BCUT2D eigenvalue weighted by atomic mass is 19.1. The summed E-state index contributed by atoms with van der Waals surface area (Å²) in [4.78, 5) is 4.18. The number of imidazole rings is 1. The van der Waals surface area contributed by atoms with Crippen molar-refractivity contribution >= 4 is 12.6 Å². The van der Waals surface area contributed by atoms with E-state index in [1.807, 2.05) is 17.7 Å². The van der Waals surface area contributed by atoms with E-state index in [0.29, 0.717) is 12.1 Å². The Morgan fingerprint density at radius 2 is 2.11 bits per heavy atom. The fourth-order valence-electron chi connectivity index (χ4n) is 1.91. The van der Waals surface area contributed by atoms with Gasteiger partial charge in [0.2, 0.25) is 0 Å². The van der Waals surface area contributed by atoms with Crippen LogP contribution in [-0.2, 0) is 13.0 Å². The third kappa shape index (κ3) is 2.77. The second kappa shape index (κ2) is 5.33. The molecule has 0 aliphatic carbocycles. The molecular weight excluding hydrogens is 234 g/mol. The summed E-state index contributed by atoms with van der Waals surface area (Å²) in [5.41, 5.74) is 0.828. The topological polar surface area (TPSA) is 58.3 Å². The first-order valence-electron chi connectivity index (χ1n) is 5.75. The monoisotopic (exact) mass is 248 g/mol. The van der Waals surface area contributed by atoms with E-state index in [4.69, 9.17) is 10.0 Å². The largest absolute Gasteiger partial charge is 0.488 e. The Bertz CT molecular complexity index is 543. The van der Waals surface area contributed by atoms with Crippen LogP contribution in [0, 0.1) is 5.82 Å². The highest BCUT2D eigenvalue weighted by Gasteiger charge is 2.13. The van der Waals surface area contributed by atoms with Gasteiger partial charge in [0.25, 0.3) is 0 Å². The number of aromatic nitrogens is 2. The van der Waals surface area contributed by atoms with Gasteiger partial charge in [0.05, 0.1) is 0 Å². The van der Waals surface area contributed by atoms with Crippen LogP contribution >= 0.6 is 0 Å². The van der Waals surface area contributed by atoms with Gasteiger partial charge in [-0.05, 0) is 23.2 Å². The minimum atomic E-state index is -1.66. The van der Waals surface area contributed by atoms with E-state index in [-0.39, 0.29) is 5.46 Å². The van der Waals surface area contributed by atoms with Gasteiger partial charge in [-0.1, -0.05) is 13.0 Å².